The highest BCUT2D eigenvalue weighted by Crippen LogP contribution is 2.31. The van der Waals surface area contributed by atoms with E-state index >= 15 is 0 Å². The summed E-state index contributed by atoms with van der Waals surface area (Å²) in [6.07, 6.45) is 3.64. The molecule has 2 rings (SSSR count). The molecule has 2 heterocycles. The largest absolute Gasteiger partial charge is 0.481 e. The quantitative estimate of drug-likeness (QED) is 0.916. The third-order valence-electron chi connectivity index (χ3n) is 3.92. The van der Waals surface area contributed by atoms with E-state index in [2.05, 4.69) is 37.8 Å². The zero-order chi connectivity index (χ0) is 14.8. The number of aliphatic carboxylic acids is 1. The predicted octanol–water partition coefficient (Wildman–Crippen LogP) is 3.87. The minimum Gasteiger partial charge on any atom is -0.481 e. The van der Waals surface area contributed by atoms with Gasteiger partial charge in [0.1, 0.15) is 0 Å². The Hall–Kier alpha value is -0.870. The van der Waals surface area contributed by atoms with E-state index < -0.39 is 5.97 Å². The molecule has 1 saturated heterocycles. The van der Waals surface area contributed by atoms with Crippen molar-refractivity contribution in [1.82, 2.24) is 4.90 Å². The van der Waals surface area contributed by atoms with Crippen molar-refractivity contribution in [3.8, 4) is 0 Å². The molecule has 0 spiro atoms. The van der Waals surface area contributed by atoms with Gasteiger partial charge in [0.05, 0.1) is 6.42 Å². The van der Waals surface area contributed by atoms with Crippen LogP contribution in [0.25, 0.3) is 0 Å². The predicted molar refractivity (Wildman–Crippen MR) is 83.3 cm³/mol. The molecule has 0 amide bonds. The Kier molecular flexibility index (Phi) is 4.86. The van der Waals surface area contributed by atoms with Crippen molar-refractivity contribution >= 4 is 17.3 Å². The van der Waals surface area contributed by atoms with Crippen LogP contribution in [0.3, 0.4) is 0 Å². The van der Waals surface area contributed by atoms with Gasteiger partial charge < -0.3 is 5.11 Å². The van der Waals surface area contributed by atoms with E-state index in [0.29, 0.717) is 0 Å². The van der Waals surface area contributed by atoms with E-state index in [-0.39, 0.29) is 17.9 Å². The van der Waals surface area contributed by atoms with Crippen molar-refractivity contribution in [2.75, 3.05) is 6.54 Å². The van der Waals surface area contributed by atoms with Crippen molar-refractivity contribution in [2.24, 2.45) is 0 Å². The van der Waals surface area contributed by atoms with Crippen LogP contribution in [0.15, 0.2) is 12.1 Å². The van der Waals surface area contributed by atoms with E-state index in [0.717, 1.165) is 25.9 Å². The number of nitrogens with zero attached hydrogens (tertiary/aromatic N) is 1. The van der Waals surface area contributed by atoms with Gasteiger partial charge in [0.2, 0.25) is 0 Å². The third-order valence-corrected chi connectivity index (χ3v) is 5.41. The van der Waals surface area contributed by atoms with Gasteiger partial charge in [0.15, 0.2) is 0 Å². The lowest BCUT2D eigenvalue weighted by atomic mass is 9.95. The van der Waals surface area contributed by atoms with Crippen LogP contribution in [-0.2, 0) is 16.8 Å². The molecular weight excluding hydrogens is 270 g/mol. The van der Waals surface area contributed by atoms with Crippen LogP contribution >= 0.6 is 11.3 Å². The van der Waals surface area contributed by atoms with Crippen LogP contribution in [0, 0.1) is 0 Å². The number of carboxylic acid groups (broad SMARTS) is 1. The van der Waals surface area contributed by atoms with E-state index in [4.69, 9.17) is 5.11 Å². The summed E-state index contributed by atoms with van der Waals surface area (Å²) in [5.74, 6) is -0.677. The molecule has 1 aliphatic rings. The summed E-state index contributed by atoms with van der Waals surface area (Å²) in [5, 5.41) is 9.04. The van der Waals surface area contributed by atoms with Gasteiger partial charge in [-0.1, -0.05) is 27.2 Å². The Morgan fingerprint density at radius 1 is 1.40 bits per heavy atom. The lowest BCUT2D eigenvalue weighted by molar-refractivity contribution is -0.138. The lowest BCUT2D eigenvalue weighted by Crippen LogP contribution is -2.40. The standard InChI is InChI=1S/C16H25NO2S/c1-16(2,3)14-8-7-13(20-14)11-17-9-5-4-6-12(17)10-15(18)19/h7-8,12H,4-6,9-11H2,1-3H3,(H,18,19). The molecular formula is C16H25NO2S. The average molecular weight is 295 g/mol. The molecule has 1 unspecified atom stereocenters. The topological polar surface area (TPSA) is 40.5 Å². The first-order valence-corrected chi connectivity index (χ1v) is 8.23. The smallest absolute Gasteiger partial charge is 0.304 e. The molecule has 4 heteroatoms. The summed E-state index contributed by atoms with van der Waals surface area (Å²) < 4.78 is 0. The summed E-state index contributed by atoms with van der Waals surface area (Å²) in [5.41, 5.74) is 0.200. The molecule has 3 nitrogen and oxygen atoms in total. The molecule has 0 aliphatic carbocycles. The fourth-order valence-corrected chi connectivity index (χ4v) is 3.86. The van der Waals surface area contributed by atoms with E-state index in [1.807, 2.05) is 11.3 Å². The Morgan fingerprint density at radius 3 is 2.75 bits per heavy atom. The zero-order valence-electron chi connectivity index (χ0n) is 12.7. The molecule has 20 heavy (non-hydrogen) atoms. The van der Waals surface area contributed by atoms with E-state index in [9.17, 15) is 4.79 Å². The molecule has 0 saturated carbocycles. The fraction of sp³-hybridized carbons (Fsp3) is 0.688. The normalized spacial score (nSPS) is 21.1. The Balaban J connectivity index is 2.03. The second-order valence-electron chi connectivity index (χ2n) is 6.73. The Morgan fingerprint density at radius 2 is 2.15 bits per heavy atom. The van der Waals surface area contributed by atoms with Gasteiger partial charge >= 0.3 is 5.97 Å². The third kappa shape index (κ3) is 4.06. The molecule has 1 atom stereocenters. The van der Waals surface area contributed by atoms with Crippen molar-refractivity contribution in [2.45, 2.75) is 64.5 Å². The monoisotopic (exact) mass is 295 g/mol. The minimum absolute atomic E-state index is 0.200. The number of carboxylic acids is 1. The SMILES string of the molecule is CC(C)(C)c1ccc(CN2CCCCC2CC(=O)O)s1. The highest BCUT2D eigenvalue weighted by atomic mass is 32.1. The van der Waals surface area contributed by atoms with Crippen molar-refractivity contribution in [3.63, 3.8) is 0 Å². The maximum Gasteiger partial charge on any atom is 0.304 e. The molecule has 0 aromatic carbocycles. The number of hydrogen-bond donors (Lipinski definition) is 1. The second kappa shape index (κ2) is 6.27. The van der Waals surface area contributed by atoms with Gasteiger partial charge in [-0.2, -0.15) is 0 Å². The van der Waals surface area contributed by atoms with Gasteiger partial charge in [-0.3, -0.25) is 9.69 Å². The average Bonchev–Trinajstić information content (AvgIpc) is 2.79. The number of hydrogen-bond acceptors (Lipinski definition) is 3. The number of carbonyl (C=O) groups is 1. The van der Waals surface area contributed by atoms with Crippen LogP contribution in [0.1, 0.15) is 56.2 Å². The number of piperidine rings is 1. The Labute approximate surface area is 125 Å². The first-order chi connectivity index (χ1) is 9.36. The maximum atomic E-state index is 11.0. The number of likely N-dealkylation sites (tertiary alicyclic amines) is 1. The zero-order valence-corrected chi connectivity index (χ0v) is 13.5. The van der Waals surface area contributed by atoms with Crippen LogP contribution < -0.4 is 0 Å². The number of rotatable bonds is 4. The van der Waals surface area contributed by atoms with Gasteiger partial charge in [-0.05, 0) is 36.9 Å². The summed E-state index contributed by atoms with van der Waals surface area (Å²) in [6, 6.07) is 4.63. The molecule has 0 bridgehead atoms. The molecule has 1 N–H and O–H groups in total. The molecule has 112 valence electrons. The van der Waals surface area contributed by atoms with Gasteiger partial charge in [0, 0.05) is 22.3 Å². The molecule has 1 aromatic heterocycles. The van der Waals surface area contributed by atoms with Crippen molar-refractivity contribution < 1.29 is 9.90 Å². The van der Waals surface area contributed by atoms with Crippen LogP contribution in [0.5, 0.6) is 0 Å². The lowest BCUT2D eigenvalue weighted by Gasteiger charge is -2.34. The highest BCUT2D eigenvalue weighted by molar-refractivity contribution is 7.12. The molecule has 1 aromatic rings. The van der Waals surface area contributed by atoms with Gasteiger partial charge in [0.25, 0.3) is 0 Å². The van der Waals surface area contributed by atoms with Crippen LogP contribution in [-0.4, -0.2) is 28.6 Å². The summed E-state index contributed by atoms with van der Waals surface area (Å²) in [4.78, 5) is 16.1. The molecule has 1 aliphatic heterocycles. The fourth-order valence-electron chi connectivity index (χ4n) is 2.77. The van der Waals surface area contributed by atoms with Crippen LogP contribution in [0.4, 0.5) is 0 Å². The Bertz CT molecular complexity index is 461. The minimum atomic E-state index is -0.677. The highest BCUT2D eigenvalue weighted by Gasteiger charge is 2.25. The van der Waals surface area contributed by atoms with Crippen molar-refractivity contribution in [1.29, 1.82) is 0 Å². The first kappa shape index (κ1) is 15.5. The molecule has 1 fully saturated rings. The van der Waals surface area contributed by atoms with Gasteiger partial charge in [-0.25, -0.2) is 0 Å². The van der Waals surface area contributed by atoms with Gasteiger partial charge in [-0.15, -0.1) is 11.3 Å². The maximum absolute atomic E-state index is 11.0. The molecule has 0 radical (unpaired) electrons. The summed E-state index contributed by atoms with van der Waals surface area (Å²) in [6.45, 7) is 8.63. The summed E-state index contributed by atoms with van der Waals surface area (Å²) >= 11 is 1.87. The number of thiophene rings is 1. The van der Waals surface area contributed by atoms with E-state index in [1.165, 1.54) is 16.2 Å². The van der Waals surface area contributed by atoms with Crippen LogP contribution in [0.2, 0.25) is 0 Å². The van der Waals surface area contributed by atoms with E-state index in [1.54, 1.807) is 0 Å². The first-order valence-electron chi connectivity index (χ1n) is 7.41. The second-order valence-corrected chi connectivity index (χ2v) is 7.90. The summed E-state index contributed by atoms with van der Waals surface area (Å²) in [7, 11) is 0. The van der Waals surface area contributed by atoms with Crippen molar-refractivity contribution in [3.05, 3.63) is 21.9 Å².